The lowest BCUT2D eigenvalue weighted by molar-refractivity contribution is 0.0455. The molecule has 9 heteroatoms. The number of rotatable bonds is 2. The number of sulfonamides is 1. The molecule has 7 nitrogen and oxygen atoms in total. The topological polar surface area (TPSA) is 95.9 Å². The Kier molecular flexibility index (Phi) is 8.68. The van der Waals surface area contributed by atoms with Gasteiger partial charge in [-0.05, 0) is 110 Å². The second kappa shape index (κ2) is 12.6. The molecule has 2 bridgehead atoms. The predicted molar refractivity (Wildman–Crippen MR) is 177 cm³/mol. The third-order valence-corrected chi connectivity index (χ3v) is 13.4. The smallest absolute Gasteiger partial charge is 0.264 e. The first-order valence-corrected chi connectivity index (χ1v) is 18.8. The van der Waals surface area contributed by atoms with E-state index in [1.807, 2.05) is 37.3 Å². The number of nitrogens with one attached hydrogen (secondary N) is 1. The van der Waals surface area contributed by atoms with E-state index in [1.54, 1.807) is 6.07 Å². The highest BCUT2D eigenvalue weighted by Crippen LogP contribution is 2.45. The first kappa shape index (κ1) is 31.1. The lowest BCUT2D eigenvalue weighted by Gasteiger charge is -2.45. The number of carbonyl (C=O) groups excluding carboxylic acids is 1. The zero-order valence-corrected chi connectivity index (χ0v) is 27.6. The summed E-state index contributed by atoms with van der Waals surface area (Å²) in [5, 5.41) is 11.4. The van der Waals surface area contributed by atoms with Gasteiger partial charge in [-0.25, -0.2) is 13.1 Å². The maximum absolute atomic E-state index is 13.7. The summed E-state index contributed by atoms with van der Waals surface area (Å²) in [4.78, 5) is 16.0. The van der Waals surface area contributed by atoms with Crippen molar-refractivity contribution in [1.82, 2.24) is 4.72 Å². The summed E-state index contributed by atoms with van der Waals surface area (Å²) >= 11 is 6.43. The highest BCUT2D eigenvalue weighted by Gasteiger charge is 2.41. The molecule has 1 unspecified atom stereocenters. The molecule has 2 fully saturated rings. The van der Waals surface area contributed by atoms with Crippen LogP contribution in [0, 0.1) is 29.6 Å². The number of allylic oxidation sites excluding steroid dienone is 1. The fourth-order valence-electron chi connectivity index (χ4n) is 8.23. The van der Waals surface area contributed by atoms with Crippen molar-refractivity contribution in [2.24, 2.45) is 29.6 Å². The fraction of sp³-hybridized carbons (Fsp3) is 0.583. The molecule has 1 amide bonds. The summed E-state index contributed by atoms with van der Waals surface area (Å²) in [7, 11) is -3.93. The molecule has 5 aliphatic rings. The van der Waals surface area contributed by atoms with Crippen molar-refractivity contribution in [3.8, 4) is 5.75 Å². The summed E-state index contributed by atoms with van der Waals surface area (Å²) in [6, 6.07) is 11.6. The summed E-state index contributed by atoms with van der Waals surface area (Å²) in [5.74, 6) is 1.27. The van der Waals surface area contributed by atoms with Gasteiger partial charge in [0.05, 0.1) is 23.6 Å². The molecule has 7 rings (SSSR count). The van der Waals surface area contributed by atoms with Crippen LogP contribution in [0.25, 0.3) is 0 Å². The van der Waals surface area contributed by atoms with E-state index >= 15 is 0 Å². The monoisotopic (exact) mass is 652 g/mol. The summed E-state index contributed by atoms with van der Waals surface area (Å²) in [6.45, 7) is 3.98. The molecular formula is C36H45ClN2O5S. The Morgan fingerprint density at radius 2 is 1.89 bits per heavy atom. The van der Waals surface area contributed by atoms with Gasteiger partial charge in [-0.1, -0.05) is 49.6 Å². The zero-order valence-electron chi connectivity index (χ0n) is 26.0. The maximum Gasteiger partial charge on any atom is 0.264 e. The van der Waals surface area contributed by atoms with Crippen molar-refractivity contribution in [2.75, 3.05) is 24.6 Å². The van der Waals surface area contributed by atoms with Gasteiger partial charge in [0.25, 0.3) is 5.91 Å². The van der Waals surface area contributed by atoms with Crippen molar-refractivity contribution >= 4 is 33.2 Å². The van der Waals surface area contributed by atoms with Gasteiger partial charge in [0, 0.05) is 35.5 Å². The van der Waals surface area contributed by atoms with Crippen LogP contribution in [-0.2, 0) is 16.4 Å². The molecule has 242 valence electrons. The molecule has 0 spiro atoms. The van der Waals surface area contributed by atoms with E-state index in [-0.39, 0.29) is 23.7 Å². The number of hydrogen-bond acceptors (Lipinski definition) is 6. The predicted octanol–water partition coefficient (Wildman–Crippen LogP) is 6.49. The lowest BCUT2D eigenvalue weighted by Crippen LogP contribution is -2.45. The number of benzene rings is 2. The first-order valence-electron chi connectivity index (χ1n) is 16.9. The molecule has 7 atom stereocenters. The summed E-state index contributed by atoms with van der Waals surface area (Å²) in [5.41, 5.74) is 3.72. The highest BCUT2D eigenvalue weighted by molar-refractivity contribution is 7.90. The Morgan fingerprint density at radius 3 is 2.67 bits per heavy atom. The van der Waals surface area contributed by atoms with Crippen molar-refractivity contribution in [2.45, 2.75) is 82.0 Å². The van der Waals surface area contributed by atoms with Crippen LogP contribution >= 0.6 is 11.6 Å². The quantitative estimate of drug-likeness (QED) is 0.360. The molecule has 2 aromatic rings. The van der Waals surface area contributed by atoms with E-state index in [0.29, 0.717) is 42.6 Å². The Labute approximate surface area is 272 Å². The van der Waals surface area contributed by atoms with Crippen molar-refractivity contribution in [3.05, 3.63) is 70.3 Å². The van der Waals surface area contributed by atoms with Gasteiger partial charge in [-0.15, -0.1) is 0 Å². The molecule has 45 heavy (non-hydrogen) atoms. The number of aliphatic hydroxyl groups excluding tert-OH is 1. The number of nitrogens with zero attached hydrogens (tertiary/aromatic N) is 1. The van der Waals surface area contributed by atoms with Crippen LogP contribution in [0.1, 0.15) is 85.7 Å². The Hall–Kier alpha value is -2.55. The minimum absolute atomic E-state index is 0.132. The number of ether oxygens (including phenoxy) is 1. The second-order valence-electron chi connectivity index (χ2n) is 14.3. The van der Waals surface area contributed by atoms with Gasteiger partial charge >= 0.3 is 0 Å². The number of carbonyl (C=O) groups is 1. The third kappa shape index (κ3) is 6.52. The van der Waals surface area contributed by atoms with Crippen molar-refractivity contribution in [3.63, 3.8) is 0 Å². The SMILES string of the molecule is C[C@H]1C/C=C/[C@H](O)[C@@H]2CC[C@H]2CN2C[C@H]3c4ccc(Cl)cc4CCCC3COc3ccc(cc32)C(=O)NS(=O)(=O)[C@@H]1CC1CC1. The third-order valence-electron chi connectivity index (χ3n) is 11.3. The Morgan fingerprint density at radius 1 is 1.04 bits per heavy atom. The molecule has 0 radical (unpaired) electrons. The van der Waals surface area contributed by atoms with E-state index in [9.17, 15) is 18.3 Å². The molecule has 0 aromatic heterocycles. The maximum atomic E-state index is 13.7. The lowest BCUT2D eigenvalue weighted by atomic mass is 9.70. The Balaban J connectivity index is 1.28. The van der Waals surface area contributed by atoms with Gasteiger partial charge in [0.2, 0.25) is 10.0 Å². The number of aliphatic hydroxyl groups is 1. The Bertz CT molecular complexity index is 1570. The number of amides is 1. The minimum Gasteiger partial charge on any atom is -0.491 e. The second-order valence-corrected chi connectivity index (χ2v) is 16.7. The zero-order chi connectivity index (χ0) is 31.3. The molecular weight excluding hydrogens is 608 g/mol. The van der Waals surface area contributed by atoms with Crippen LogP contribution in [-0.4, -0.2) is 50.5 Å². The van der Waals surface area contributed by atoms with Crippen LogP contribution in [0.5, 0.6) is 5.75 Å². The van der Waals surface area contributed by atoms with Crippen LogP contribution in [0.15, 0.2) is 48.6 Å². The standard InChI is InChI=1S/C36H45ClN2O5S/c1-22-4-2-7-33(40)30-13-10-26(30)19-39-20-31-27(6-3-5-24-17-28(37)12-14-29(24)31)21-44-34-15-11-25(18-32(34)39)36(41)38-45(42,43)35(22)16-23-8-9-23/h2,7,11-12,14-15,17-18,22-23,26-27,30-31,33,35,40H,3-6,8-10,13,16,19-21H2,1H3,(H,38,41)/b7-2+/t22-,26-,27?,30+,31+,33-,35+/m0/s1. The van der Waals surface area contributed by atoms with Gasteiger partial charge in [0.1, 0.15) is 5.75 Å². The molecule has 0 saturated heterocycles. The van der Waals surface area contributed by atoms with Gasteiger partial charge in [-0.2, -0.15) is 0 Å². The number of aryl methyl sites for hydroxylation is 1. The summed E-state index contributed by atoms with van der Waals surface area (Å²) < 4.78 is 36.4. The van der Waals surface area contributed by atoms with Crippen LogP contribution in [0.2, 0.25) is 5.02 Å². The molecule has 2 aliphatic heterocycles. The van der Waals surface area contributed by atoms with Crippen LogP contribution < -0.4 is 14.4 Å². The average Bonchev–Trinajstić information content (AvgIpc) is 3.82. The van der Waals surface area contributed by atoms with E-state index in [4.69, 9.17) is 16.3 Å². The van der Waals surface area contributed by atoms with Crippen LogP contribution in [0.3, 0.4) is 0 Å². The molecule has 2 heterocycles. The summed E-state index contributed by atoms with van der Waals surface area (Å²) in [6.07, 6.45) is 11.5. The van der Waals surface area contributed by atoms with Gasteiger partial charge in [-0.3, -0.25) is 4.79 Å². The van der Waals surface area contributed by atoms with Crippen molar-refractivity contribution in [1.29, 1.82) is 0 Å². The van der Waals surface area contributed by atoms with E-state index in [2.05, 4.69) is 21.8 Å². The minimum atomic E-state index is -3.93. The number of halogens is 1. The van der Waals surface area contributed by atoms with E-state index in [0.717, 1.165) is 68.7 Å². The molecule has 2 N–H and O–H groups in total. The normalized spacial score (nSPS) is 33.8. The molecule has 2 aromatic carbocycles. The van der Waals surface area contributed by atoms with E-state index in [1.165, 1.54) is 11.1 Å². The average molecular weight is 653 g/mol. The highest BCUT2D eigenvalue weighted by atomic mass is 35.5. The van der Waals surface area contributed by atoms with Crippen molar-refractivity contribution < 1.29 is 23.1 Å². The number of anilines is 1. The van der Waals surface area contributed by atoms with Gasteiger partial charge in [0.15, 0.2) is 0 Å². The number of hydrogen-bond donors (Lipinski definition) is 2. The fourth-order valence-corrected chi connectivity index (χ4v) is 10.2. The molecule has 2 saturated carbocycles. The largest absolute Gasteiger partial charge is 0.491 e. The van der Waals surface area contributed by atoms with Gasteiger partial charge < -0.3 is 14.7 Å². The molecule has 3 aliphatic carbocycles. The van der Waals surface area contributed by atoms with E-state index < -0.39 is 27.3 Å². The first-order chi connectivity index (χ1) is 21.7. The van der Waals surface area contributed by atoms with Crippen LogP contribution in [0.4, 0.5) is 5.69 Å². The number of fused-ring (bicyclic) bond motifs is 5.